The summed E-state index contributed by atoms with van der Waals surface area (Å²) in [5, 5.41) is 5.39. The lowest BCUT2D eigenvalue weighted by molar-refractivity contribution is -0.123. The number of amidine groups is 1. The Bertz CT molecular complexity index is 586. The highest BCUT2D eigenvalue weighted by molar-refractivity contribution is 6.08. The number of alkyl carbamates (subject to hydrolysis) is 1. The van der Waals surface area contributed by atoms with Gasteiger partial charge >= 0.3 is 6.09 Å². The Balaban J connectivity index is 1.80. The number of carbonyl (C=O) groups excluding carboxylic acids is 2. The molecule has 2 N–H and O–H groups in total. The van der Waals surface area contributed by atoms with E-state index in [4.69, 9.17) is 4.74 Å². The summed E-state index contributed by atoms with van der Waals surface area (Å²) in [6.07, 6.45) is 2.20. The molecule has 23 heavy (non-hydrogen) atoms. The topological polar surface area (TPSA) is 79.8 Å². The van der Waals surface area contributed by atoms with Crippen LogP contribution in [0.3, 0.4) is 0 Å². The van der Waals surface area contributed by atoms with Gasteiger partial charge in [-0.2, -0.15) is 0 Å². The summed E-state index contributed by atoms with van der Waals surface area (Å²) in [5.74, 6) is 0.505. The number of carbonyl (C=O) groups is 2. The second-order valence-corrected chi connectivity index (χ2v) is 5.81. The molecule has 6 nitrogen and oxygen atoms in total. The van der Waals surface area contributed by atoms with Crippen molar-refractivity contribution < 1.29 is 14.3 Å². The van der Waals surface area contributed by atoms with Crippen molar-refractivity contribution in [3.05, 3.63) is 35.9 Å². The summed E-state index contributed by atoms with van der Waals surface area (Å²) < 4.78 is 5.13. The van der Waals surface area contributed by atoms with E-state index in [2.05, 4.69) is 22.5 Å². The lowest BCUT2D eigenvalue weighted by atomic mass is 10.0. The number of nitrogens with one attached hydrogen (secondary N) is 2. The second-order valence-electron chi connectivity index (χ2n) is 5.81. The molecule has 0 bridgehead atoms. The average Bonchev–Trinajstić information content (AvgIpc) is 2.85. The fourth-order valence-corrected chi connectivity index (χ4v) is 2.24. The minimum absolute atomic E-state index is 0.113. The molecule has 0 fully saturated rings. The molecular weight excluding hydrogens is 294 g/mol. The summed E-state index contributed by atoms with van der Waals surface area (Å²) in [6, 6.07) is 9.42. The Morgan fingerprint density at radius 2 is 2.09 bits per heavy atom. The lowest BCUT2D eigenvalue weighted by Crippen LogP contribution is -2.46. The first-order valence-electron chi connectivity index (χ1n) is 7.88. The van der Waals surface area contributed by atoms with Crippen molar-refractivity contribution in [2.24, 2.45) is 4.99 Å². The Hall–Kier alpha value is -2.37. The first kappa shape index (κ1) is 17.0. The van der Waals surface area contributed by atoms with Crippen LogP contribution in [0, 0.1) is 0 Å². The van der Waals surface area contributed by atoms with Crippen LogP contribution in [0.15, 0.2) is 35.3 Å². The molecule has 1 aliphatic rings. The van der Waals surface area contributed by atoms with Crippen molar-refractivity contribution in [3.63, 3.8) is 0 Å². The van der Waals surface area contributed by atoms with Crippen molar-refractivity contribution in [2.45, 2.75) is 45.3 Å². The third-order valence-corrected chi connectivity index (χ3v) is 3.69. The minimum Gasteiger partial charge on any atom is -0.445 e. The quantitative estimate of drug-likeness (QED) is 0.810. The molecule has 2 rings (SSSR count). The largest absolute Gasteiger partial charge is 0.445 e. The normalized spacial score (nSPS) is 19.9. The second kappa shape index (κ2) is 7.76. The molecule has 6 heteroatoms. The summed E-state index contributed by atoms with van der Waals surface area (Å²) in [4.78, 5) is 28.2. The maximum Gasteiger partial charge on any atom is 0.407 e. The third-order valence-electron chi connectivity index (χ3n) is 3.69. The zero-order chi connectivity index (χ0) is 16.7. The Morgan fingerprint density at radius 1 is 1.35 bits per heavy atom. The standard InChI is InChI=1S/C17H23N3O3/c1-3-4-10-14-19-15(21)17(2,20-14)12-18-16(22)23-11-13-8-6-5-7-9-13/h5-9H,3-4,10-12H2,1-2H3,(H,18,22)(H,19,20,21). The van der Waals surface area contributed by atoms with Crippen molar-refractivity contribution in [1.82, 2.24) is 10.6 Å². The van der Waals surface area contributed by atoms with Gasteiger partial charge in [-0.05, 0) is 18.9 Å². The predicted octanol–water partition coefficient (Wildman–Crippen LogP) is 2.39. The molecule has 124 valence electrons. The molecule has 0 saturated carbocycles. The molecule has 0 aromatic heterocycles. The highest BCUT2D eigenvalue weighted by Gasteiger charge is 2.39. The van der Waals surface area contributed by atoms with E-state index >= 15 is 0 Å². The van der Waals surface area contributed by atoms with Gasteiger partial charge in [0.05, 0.1) is 6.54 Å². The predicted molar refractivity (Wildman–Crippen MR) is 88.1 cm³/mol. The number of rotatable bonds is 7. The highest BCUT2D eigenvalue weighted by atomic mass is 16.5. The van der Waals surface area contributed by atoms with Gasteiger partial charge in [0, 0.05) is 6.42 Å². The van der Waals surface area contributed by atoms with E-state index in [9.17, 15) is 9.59 Å². The van der Waals surface area contributed by atoms with E-state index in [-0.39, 0.29) is 19.1 Å². The fraction of sp³-hybridized carbons (Fsp3) is 0.471. The van der Waals surface area contributed by atoms with E-state index in [0.29, 0.717) is 5.84 Å². The summed E-state index contributed by atoms with van der Waals surface area (Å²) >= 11 is 0. The third kappa shape index (κ3) is 4.81. The maximum atomic E-state index is 12.0. The SMILES string of the molecule is CCCCC1=NC(C)(CNC(=O)OCc2ccccc2)C(=O)N1. The summed E-state index contributed by atoms with van der Waals surface area (Å²) in [6.45, 7) is 4.10. The number of aliphatic imine (C=N–C) groups is 1. The number of amides is 2. The van der Waals surface area contributed by atoms with E-state index in [1.807, 2.05) is 30.3 Å². The van der Waals surface area contributed by atoms with Crippen molar-refractivity contribution in [3.8, 4) is 0 Å². The smallest absolute Gasteiger partial charge is 0.407 e. The van der Waals surface area contributed by atoms with Crippen LogP contribution in [0.1, 0.15) is 38.7 Å². The highest BCUT2D eigenvalue weighted by Crippen LogP contribution is 2.17. The van der Waals surface area contributed by atoms with Crippen LogP contribution < -0.4 is 10.6 Å². The summed E-state index contributed by atoms with van der Waals surface area (Å²) in [5.41, 5.74) is -0.0539. The van der Waals surface area contributed by atoms with Crippen molar-refractivity contribution >= 4 is 17.8 Å². The molecule has 1 unspecified atom stereocenters. The number of unbranched alkanes of at least 4 members (excludes halogenated alkanes) is 1. The fourth-order valence-electron chi connectivity index (χ4n) is 2.24. The number of ether oxygens (including phenoxy) is 1. The van der Waals surface area contributed by atoms with Crippen LogP contribution in [0.5, 0.6) is 0 Å². The van der Waals surface area contributed by atoms with Gasteiger partial charge in [0.15, 0.2) is 5.54 Å². The number of hydrogen-bond donors (Lipinski definition) is 2. The van der Waals surface area contributed by atoms with Gasteiger partial charge in [0.1, 0.15) is 12.4 Å². The molecule has 1 aromatic rings. The maximum absolute atomic E-state index is 12.0. The molecule has 0 spiro atoms. The van der Waals surface area contributed by atoms with E-state index in [1.54, 1.807) is 6.92 Å². The van der Waals surface area contributed by atoms with Crippen LogP contribution in [0.25, 0.3) is 0 Å². The summed E-state index contributed by atoms with van der Waals surface area (Å²) in [7, 11) is 0. The van der Waals surface area contributed by atoms with Gasteiger partial charge in [0.25, 0.3) is 5.91 Å². The van der Waals surface area contributed by atoms with Crippen molar-refractivity contribution in [2.75, 3.05) is 6.54 Å². The monoisotopic (exact) mass is 317 g/mol. The van der Waals surface area contributed by atoms with Gasteiger partial charge in [-0.25, -0.2) is 4.79 Å². The molecule has 2 amide bonds. The van der Waals surface area contributed by atoms with E-state index < -0.39 is 11.6 Å². The van der Waals surface area contributed by atoms with Crippen LogP contribution in [-0.4, -0.2) is 29.9 Å². The van der Waals surface area contributed by atoms with Gasteiger partial charge in [-0.1, -0.05) is 43.7 Å². The molecule has 1 aliphatic heterocycles. The van der Waals surface area contributed by atoms with Crippen LogP contribution >= 0.6 is 0 Å². The number of nitrogens with zero attached hydrogens (tertiary/aromatic N) is 1. The molecular formula is C17H23N3O3. The van der Waals surface area contributed by atoms with Gasteiger partial charge in [0.2, 0.25) is 0 Å². The molecule has 0 aliphatic carbocycles. The Kier molecular flexibility index (Phi) is 5.73. The molecule has 1 heterocycles. The Morgan fingerprint density at radius 3 is 2.78 bits per heavy atom. The van der Waals surface area contributed by atoms with Gasteiger partial charge in [-0.15, -0.1) is 0 Å². The molecule has 0 radical (unpaired) electrons. The number of benzene rings is 1. The molecule has 1 aromatic carbocycles. The van der Waals surface area contributed by atoms with Crippen molar-refractivity contribution in [1.29, 1.82) is 0 Å². The van der Waals surface area contributed by atoms with Gasteiger partial charge in [-0.3, -0.25) is 9.79 Å². The van der Waals surface area contributed by atoms with Crippen LogP contribution in [0.2, 0.25) is 0 Å². The first-order valence-corrected chi connectivity index (χ1v) is 7.88. The van der Waals surface area contributed by atoms with Crippen LogP contribution in [0.4, 0.5) is 4.79 Å². The average molecular weight is 317 g/mol. The minimum atomic E-state index is -0.963. The zero-order valence-corrected chi connectivity index (χ0v) is 13.6. The van der Waals surface area contributed by atoms with E-state index in [1.165, 1.54) is 0 Å². The Labute approximate surface area is 136 Å². The zero-order valence-electron chi connectivity index (χ0n) is 13.6. The first-order chi connectivity index (χ1) is 11.0. The molecule has 0 saturated heterocycles. The molecule has 1 atom stereocenters. The van der Waals surface area contributed by atoms with E-state index in [0.717, 1.165) is 24.8 Å². The number of hydrogen-bond acceptors (Lipinski definition) is 4. The van der Waals surface area contributed by atoms with Crippen LogP contribution in [-0.2, 0) is 16.1 Å². The van der Waals surface area contributed by atoms with Gasteiger partial charge < -0.3 is 15.4 Å². The lowest BCUT2D eigenvalue weighted by Gasteiger charge is -2.18.